The first-order chi connectivity index (χ1) is 13.2. The van der Waals surface area contributed by atoms with Gasteiger partial charge in [-0.15, -0.1) is 0 Å². The number of aromatic hydroxyl groups is 1. The van der Waals surface area contributed by atoms with Gasteiger partial charge in [-0.05, 0) is 43.2 Å². The molecular weight excluding hydrogens is 344 g/mol. The number of aliphatic hydroxyl groups is 1. The van der Waals surface area contributed by atoms with Gasteiger partial charge < -0.3 is 29.9 Å². The zero-order valence-corrected chi connectivity index (χ0v) is 16.1. The fourth-order valence-corrected chi connectivity index (χ4v) is 2.91. The van der Waals surface area contributed by atoms with Crippen molar-refractivity contribution in [2.24, 2.45) is 0 Å². The van der Waals surface area contributed by atoms with E-state index in [1.54, 1.807) is 18.2 Å². The van der Waals surface area contributed by atoms with Crippen LogP contribution in [0, 0.1) is 0 Å². The van der Waals surface area contributed by atoms with Gasteiger partial charge >= 0.3 is 0 Å². The Bertz CT molecular complexity index is 688. The van der Waals surface area contributed by atoms with E-state index in [1.807, 2.05) is 19.1 Å². The normalized spacial score (nSPS) is 13.5. The van der Waals surface area contributed by atoms with E-state index in [1.165, 1.54) is 12.8 Å². The van der Waals surface area contributed by atoms with Gasteiger partial charge in [-0.1, -0.05) is 18.2 Å². The van der Waals surface area contributed by atoms with Crippen molar-refractivity contribution in [3.05, 3.63) is 48.0 Å². The minimum atomic E-state index is 0.105. The summed E-state index contributed by atoms with van der Waals surface area (Å²) >= 11 is 0. The highest BCUT2D eigenvalue weighted by atomic mass is 16.5. The molecule has 0 bridgehead atoms. The van der Waals surface area contributed by atoms with Crippen molar-refractivity contribution in [3.8, 4) is 17.2 Å². The number of anilines is 1. The third-order valence-corrected chi connectivity index (χ3v) is 4.27. The molecule has 1 saturated heterocycles. The molecule has 1 aliphatic rings. The molecule has 0 spiro atoms. The largest absolute Gasteiger partial charge is 0.504 e. The Labute approximate surface area is 161 Å². The maximum atomic E-state index is 9.22. The standard InChI is InChI=1S/C12H18N2O.C9H12O3/c1-2-15-12-6-4-3-5-11(12)14-9-7-13-8-10-14;1-12-9-6-7(4-5-10)2-3-8(9)11/h3-6,13H,2,7-10H2,1H3;2-3,6,10-11H,4-5H2,1H3. The minimum Gasteiger partial charge on any atom is -0.504 e. The van der Waals surface area contributed by atoms with E-state index in [-0.39, 0.29) is 12.4 Å². The van der Waals surface area contributed by atoms with Crippen molar-refractivity contribution in [2.45, 2.75) is 13.3 Å². The Morgan fingerprint density at radius 3 is 2.48 bits per heavy atom. The van der Waals surface area contributed by atoms with Crippen LogP contribution in [0.25, 0.3) is 0 Å². The van der Waals surface area contributed by atoms with Gasteiger partial charge in [0.15, 0.2) is 11.5 Å². The second kappa shape index (κ2) is 11.3. The molecule has 0 aliphatic carbocycles. The number of nitrogens with zero attached hydrogens (tertiary/aromatic N) is 1. The first kappa shape index (κ1) is 20.9. The molecule has 1 fully saturated rings. The van der Waals surface area contributed by atoms with Gasteiger partial charge in [0.2, 0.25) is 0 Å². The molecule has 0 unspecified atom stereocenters. The Balaban J connectivity index is 0.000000199. The monoisotopic (exact) mass is 374 g/mol. The molecule has 148 valence electrons. The zero-order chi connectivity index (χ0) is 19.5. The summed E-state index contributed by atoms with van der Waals surface area (Å²) in [4.78, 5) is 2.38. The number of hydrogen-bond donors (Lipinski definition) is 3. The van der Waals surface area contributed by atoms with Crippen LogP contribution in [0.15, 0.2) is 42.5 Å². The topological polar surface area (TPSA) is 74.2 Å². The summed E-state index contributed by atoms with van der Waals surface area (Å²) in [5.74, 6) is 1.57. The van der Waals surface area contributed by atoms with Crippen LogP contribution in [0.5, 0.6) is 17.2 Å². The van der Waals surface area contributed by atoms with E-state index in [0.29, 0.717) is 12.2 Å². The van der Waals surface area contributed by atoms with Crippen LogP contribution in [0.4, 0.5) is 5.69 Å². The molecule has 2 aromatic carbocycles. The number of benzene rings is 2. The molecular formula is C21H30N2O4. The van der Waals surface area contributed by atoms with Gasteiger partial charge in [0.25, 0.3) is 0 Å². The highest BCUT2D eigenvalue weighted by Gasteiger charge is 2.13. The SMILES string of the molecule is CCOc1ccccc1N1CCNCC1.COc1cc(CCO)ccc1O. The second-order valence-electron chi connectivity index (χ2n) is 6.12. The van der Waals surface area contributed by atoms with Gasteiger partial charge in [-0.3, -0.25) is 0 Å². The summed E-state index contributed by atoms with van der Waals surface area (Å²) in [5, 5.41) is 21.2. The number of ether oxygens (including phenoxy) is 2. The summed E-state index contributed by atoms with van der Waals surface area (Å²) in [6.45, 7) is 7.08. The molecule has 0 radical (unpaired) electrons. The Kier molecular flexibility index (Phi) is 8.74. The van der Waals surface area contributed by atoms with Gasteiger partial charge in [-0.25, -0.2) is 0 Å². The third-order valence-electron chi connectivity index (χ3n) is 4.27. The minimum absolute atomic E-state index is 0.105. The summed E-state index contributed by atoms with van der Waals surface area (Å²) in [6.07, 6.45) is 0.580. The lowest BCUT2D eigenvalue weighted by atomic mass is 10.1. The lowest BCUT2D eigenvalue weighted by Crippen LogP contribution is -2.43. The maximum Gasteiger partial charge on any atom is 0.160 e. The van der Waals surface area contributed by atoms with Crippen molar-refractivity contribution in [2.75, 3.05) is 51.4 Å². The molecule has 6 nitrogen and oxygen atoms in total. The Morgan fingerprint density at radius 2 is 1.81 bits per heavy atom. The van der Waals surface area contributed by atoms with Crippen LogP contribution in [0.3, 0.4) is 0 Å². The predicted octanol–water partition coefficient (Wildman–Crippen LogP) is 2.43. The van der Waals surface area contributed by atoms with E-state index in [2.05, 4.69) is 22.3 Å². The van der Waals surface area contributed by atoms with E-state index < -0.39 is 0 Å². The molecule has 0 saturated carbocycles. The molecule has 3 N–H and O–H groups in total. The van der Waals surface area contributed by atoms with E-state index >= 15 is 0 Å². The fraction of sp³-hybridized carbons (Fsp3) is 0.429. The molecule has 3 rings (SSSR count). The van der Waals surface area contributed by atoms with Crippen LogP contribution >= 0.6 is 0 Å². The average Bonchev–Trinajstić information content (AvgIpc) is 2.71. The highest BCUT2D eigenvalue weighted by molar-refractivity contribution is 5.58. The molecule has 27 heavy (non-hydrogen) atoms. The van der Waals surface area contributed by atoms with Crippen molar-refractivity contribution < 1.29 is 19.7 Å². The van der Waals surface area contributed by atoms with Crippen molar-refractivity contribution in [3.63, 3.8) is 0 Å². The summed E-state index contributed by atoms with van der Waals surface area (Å²) in [5.41, 5.74) is 2.17. The molecule has 2 aromatic rings. The summed E-state index contributed by atoms with van der Waals surface area (Å²) in [6, 6.07) is 13.3. The van der Waals surface area contributed by atoms with Crippen molar-refractivity contribution in [1.29, 1.82) is 0 Å². The van der Waals surface area contributed by atoms with Crippen LogP contribution in [-0.4, -0.2) is 56.7 Å². The molecule has 6 heteroatoms. The number of nitrogens with one attached hydrogen (secondary N) is 1. The average molecular weight is 374 g/mol. The first-order valence-corrected chi connectivity index (χ1v) is 9.33. The lowest BCUT2D eigenvalue weighted by molar-refractivity contribution is 0.299. The van der Waals surface area contributed by atoms with Crippen LogP contribution < -0.4 is 19.7 Å². The van der Waals surface area contributed by atoms with Gasteiger partial charge in [0.1, 0.15) is 5.75 Å². The third kappa shape index (κ3) is 6.34. The zero-order valence-electron chi connectivity index (χ0n) is 16.1. The summed E-state index contributed by atoms with van der Waals surface area (Å²) in [7, 11) is 1.50. The number of methoxy groups -OCH3 is 1. The van der Waals surface area contributed by atoms with Gasteiger partial charge in [-0.2, -0.15) is 0 Å². The van der Waals surface area contributed by atoms with Crippen LogP contribution in [0.1, 0.15) is 12.5 Å². The van der Waals surface area contributed by atoms with Gasteiger partial charge in [0.05, 0.1) is 19.4 Å². The summed E-state index contributed by atoms with van der Waals surface area (Å²) < 4.78 is 10.5. The molecule has 0 aromatic heterocycles. The Hall–Kier alpha value is -2.44. The number of para-hydroxylation sites is 2. The number of hydrogen-bond acceptors (Lipinski definition) is 6. The molecule has 1 aliphatic heterocycles. The highest BCUT2D eigenvalue weighted by Crippen LogP contribution is 2.28. The van der Waals surface area contributed by atoms with E-state index in [0.717, 1.165) is 44.1 Å². The second-order valence-corrected chi connectivity index (χ2v) is 6.12. The van der Waals surface area contributed by atoms with Crippen LogP contribution in [0.2, 0.25) is 0 Å². The molecule has 1 heterocycles. The number of phenols is 1. The van der Waals surface area contributed by atoms with Gasteiger partial charge in [0, 0.05) is 32.8 Å². The number of rotatable bonds is 6. The quantitative estimate of drug-likeness (QED) is 0.721. The van der Waals surface area contributed by atoms with Crippen LogP contribution in [-0.2, 0) is 6.42 Å². The molecule has 0 amide bonds. The number of piperazine rings is 1. The number of aliphatic hydroxyl groups excluding tert-OH is 1. The molecule has 0 atom stereocenters. The smallest absolute Gasteiger partial charge is 0.160 e. The van der Waals surface area contributed by atoms with E-state index in [4.69, 9.17) is 14.6 Å². The maximum absolute atomic E-state index is 9.22. The fourth-order valence-electron chi connectivity index (χ4n) is 2.91. The first-order valence-electron chi connectivity index (χ1n) is 9.33. The van der Waals surface area contributed by atoms with E-state index in [9.17, 15) is 5.11 Å². The Morgan fingerprint density at radius 1 is 1.07 bits per heavy atom. The predicted molar refractivity (Wildman–Crippen MR) is 108 cm³/mol. The number of phenolic OH excluding ortho intramolecular Hbond substituents is 1. The lowest BCUT2D eigenvalue weighted by Gasteiger charge is -2.30. The van der Waals surface area contributed by atoms with Crippen molar-refractivity contribution >= 4 is 5.69 Å². The van der Waals surface area contributed by atoms with Crippen molar-refractivity contribution in [1.82, 2.24) is 5.32 Å².